The van der Waals surface area contributed by atoms with Crippen molar-refractivity contribution in [3.63, 3.8) is 0 Å². The zero-order valence-electron chi connectivity index (χ0n) is 11.0. The van der Waals surface area contributed by atoms with Crippen LogP contribution in [0.25, 0.3) is 0 Å². The molecule has 1 N–H and O–H groups in total. The summed E-state index contributed by atoms with van der Waals surface area (Å²) in [6.45, 7) is 7.02. The fourth-order valence-corrected chi connectivity index (χ4v) is 1.76. The van der Waals surface area contributed by atoms with Crippen LogP contribution in [-0.4, -0.2) is 36.3 Å². The zero-order valence-corrected chi connectivity index (χ0v) is 11.0. The molecule has 1 atom stereocenters. The van der Waals surface area contributed by atoms with Crippen molar-refractivity contribution < 1.29 is 9.84 Å². The Morgan fingerprint density at radius 2 is 1.94 bits per heavy atom. The Labute approximate surface area is 104 Å². The highest BCUT2D eigenvalue weighted by atomic mass is 16.5. The van der Waals surface area contributed by atoms with Crippen LogP contribution >= 0.6 is 0 Å². The van der Waals surface area contributed by atoms with Gasteiger partial charge in [0.2, 0.25) is 0 Å². The minimum Gasteiger partial charge on any atom is -0.508 e. The highest BCUT2D eigenvalue weighted by molar-refractivity contribution is 5.25. The Kier molecular flexibility index (Phi) is 6.01. The number of aromatic hydroxyl groups is 1. The maximum atomic E-state index is 9.25. The average molecular weight is 237 g/mol. The molecule has 0 aromatic heterocycles. The molecule has 17 heavy (non-hydrogen) atoms. The first kappa shape index (κ1) is 14.0. The van der Waals surface area contributed by atoms with E-state index in [1.54, 1.807) is 19.2 Å². The van der Waals surface area contributed by atoms with Gasteiger partial charge in [-0.2, -0.15) is 0 Å². The lowest BCUT2D eigenvalue weighted by atomic mass is 10.1. The largest absolute Gasteiger partial charge is 0.508 e. The Morgan fingerprint density at radius 1 is 1.29 bits per heavy atom. The van der Waals surface area contributed by atoms with Gasteiger partial charge in [0.15, 0.2) is 0 Å². The molecule has 0 saturated carbocycles. The molecule has 3 heteroatoms. The van der Waals surface area contributed by atoms with Gasteiger partial charge in [0, 0.05) is 26.2 Å². The van der Waals surface area contributed by atoms with Crippen molar-refractivity contribution in [1.29, 1.82) is 0 Å². The van der Waals surface area contributed by atoms with Gasteiger partial charge in [-0.05, 0) is 31.0 Å². The number of phenols is 1. The molecule has 1 rings (SSSR count). The molecule has 0 aliphatic rings. The van der Waals surface area contributed by atoms with Crippen molar-refractivity contribution in [2.45, 2.75) is 32.9 Å². The molecular weight excluding hydrogens is 214 g/mol. The molecule has 0 amide bonds. The van der Waals surface area contributed by atoms with E-state index in [1.807, 2.05) is 12.1 Å². The third-order valence-corrected chi connectivity index (χ3v) is 3.12. The van der Waals surface area contributed by atoms with E-state index < -0.39 is 0 Å². The number of hydrogen-bond donors (Lipinski definition) is 1. The Hall–Kier alpha value is -1.06. The van der Waals surface area contributed by atoms with Crippen LogP contribution in [0.3, 0.4) is 0 Å². The number of hydrogen-bond acceptors (Lipinski definition) is 3. The average Bonchev–Trinajstić information content (AvgIpc) is 2.36. The minimum absolute atomic E-state index is 0.320. The van der Waals surface area contributed by atoms with E-state index in [2.05, 4.69) is 18.7 Å². The smallest absolute Gasteiger partial charge is 0.115 e. The van der Waals surface area contributed by atoms with Gasteiger partial charge in [0.1, 0.15) is 5.75 Å². The molecule has 0 bridgehead atoms. The van der Waals surface area contributed by atoms with Gasteiger partial charge in [-0.15, -0.1) is 0 Å². The summed E-state index contributed by atoms with van der Waals surface area (Å²) < 4.78 is 5.14. The van der Waals surface area contributed by atoms with Crippen molar-refractivity contribution in [1.82, 2.24) is 4.90 Å². The Balaban J connectivity index is 2.61. The minimum atomic E-state index is 0.320. The fourth-order valence-electron chi connectivity index (χ4n) is 1.76. The Morgan fingerprint density at radius 3 is 2.47 bits per heavy atom. The summed E-state index contributed by atoms with van der Waals surface area (Å²) in [6.07, 6.45) is 1.13. The van der Waals surface area contributed by atoms with Crippen molar-refractivity contribution in [2.24, 2.45) is 0 Å². The van der Waals surface area contributed by atoms with Crippen LogP contribution in [0.2, 0.25) is 0 Å². The van der Waals surface area contributed by atoms with Crippen LogP contribution in [0, 0.1) is 0 Å². The molecular formula is C14H23NO2. The van der Waals surface area contributed by atoms with Gasteiger partial charge in [0.25, 0.3) is 0 Å². The molecule has 0 spiro atoms. The van der Waals surface area contributed by atoms with Gasteiger partial charge in [-0.3, -0.25) is 4.90 Å². The number of rotatable bonds is 7. The number of ether oxygens (including phenoxy) is 1. The number of benzene rings is 1. The summed E-state index contributed by atoms with van der Waals surface area (Å²) in [5, 5.41) is 9.25. The first-order valence-corrected chi connectivity index (χ1v) is 6.18. The first-order chi connectivity index (χ1) is 8.17. The highest BCUT2D eigenvalue weighted by Gasteiger charge is 2.12. The second kappa shape index (κ2) is 7.30. The normalized spacial score (nSPS) is 12.9. The van der Waals surface area contributed by atoms with E-state index in [9.17, 15) is 5.11 Å². The van der Waals surface area contributed by atoms with E-state index >= 15 is 0 Å². The van der Waals surface area contributed by atoms with E-state index in [1.165, 1.54) is 5.56 Å². The molecule has 1 aromatic rings. The molecule has 3 nitrogen and oxygen atoms in total. The van der Waals surface area contributed by atoms with Crippen LogP contribution in [0.5, 0.6) is 5.75 Å². The second-order valence-electron chi connectivity index (χ2n) is 4.39. The lowest BCUT2D eigenvalue weighted by Gasteiger charge is -2.28. The van der Waals surface area contributed by atoms with E-state index in [-0.39, 0.29) is 0 Å². The summed E-state index contributed by atoms with van der Waals surface area (Å²) in [6, 6.07) is 7.95. The van der Waals surface area contributed by atoms with Crippen molar-refractivity contribution >= 4 is 0 Å². The third kappa shape index (κ3) is 4.75. The van der Waals surface area contributed by atoms with Crippen molar-refractivity contribution in [3.05, 3.63) is 29.8 Å². The van der Waals surface area contributed by atoms with Gasteiger partial charge < -0.3 is 9.84 Å². The van der Waals surface area contributed by atoms with Gasteiger partial charge in [-0.25, -0.2) is 0 Å². The molecule has 0 fully saturated rings. The van der Waals surface area contributed by atoms with Crippen LogP contribution in [0.1, 0.15) is 25.8 Å². The van der Waals surface area contributed by atoms with Gasteiger partial charge in [-0.1, -0.05) is 19.1 Å². The molecule has 0 saturated heterocycles. The van der Waals surface area contributed by atoms with Crippen LogP contribution in [0.15, 0.2) is 24.3 Å². The van der Waals surface area contributed by atoms with Gasteiger partial charge >= 0.3 is 0 Å². The Bertz CT molecular complexity index is 311. The zero-order chi connectivity index (χ0) is 12.7. The molecule has 0 aliphatic carbocycles. The third-order valence-electron chi connectivity index (χ3n) is 3.12. The topological polar surface area (TPSA) is 32.7 Å². The maximum absolute atomic E-state index is 9.25. The monoisotopic (exact) mass is 237 g/mol. The van der Waals surface area contributed by atoms with Gasteiger partial charge in [0.05, 0.1) is 6.61 Å². The lowest BCUT2D eigenvalue weighted by molar-refractivity contribution is 0.118. The highest BCUT2D eigenvalue weighted by Crippen LogP contribution is 2.14. The number of phenolic OH excluding ortho intramolecular Hbond substituents is 1. The molecule has 1 unspecified atom stereocenters. The van der Waals surface area contributed by atoms with Crippen molar-refractivity contribution in [2.75, 3.05) is 20.3 Å². The maximum Gasteiger partial charge on any atom is 0.115 e. The SMILES string of the molecule is CCC(C)N(CCOC)Cc1ccc(O)cc1. The van der Waals surface area contributed by atoms with E-state index in [4.69, 9.17) is 4.74 Å². The predicted octanol–water partition coefficient (Wildman–Crippen LogP) is 2.64. The summed E-state index contributed by atoms with van der Waals surface area (Å²) >= 11 is 0. The predicted molar refractivity (Wildman–Crippen MR) is 70.1 cm³/mol. The lowest BCUT2D eigenvalue weighted by Crippen LogP contribution is -2.34. The summed E-state index contributed by atoms with van der Waals surface area (Å²) in [7, 11) is 1.73. The standard InChI is InChI=1S/C14H23NO2/c1-4-12(2)15(9-10-17-3)11-13-5-7-14(16)8-6-13/h5-8,12,16H,4,9-11H2,1-3H3. The van der Waals surface area contributed by atoms with Crippen LogP contribution in [-0.2, 0) is 11.3 Å². The van der Waals surface area contributed by atoms with Crippen molar-refractivity contribution in [3.8, 4) is 5.75 Å². The fraction of sp³-hybridized carbons (Fsp3) is 0.571. The van der Waals surface area contributed by atoms with E-state index in [0.717, 1.165) is 26.1 Å². The number of methoxy groups -OCH3 is 1. The summed E-state index contributed by atoms with van der Waals surface area (Å²) in [5.41, 5.74) is 1.22. The first-order valence-electron chi connectivity index (χ1n) is 6.18. The molecule has 0 radical (unpaired) electrons. The quantitative estimate of drug-likeness (QED) is 0.791. The summed E-state index contributed by atoms with van der Waals surface area (Å²) in [4.78, 5) is 2.40. The molecule has 96 valence electrons. The molecule has 1 aromatic carbocycles. The van der Waals surface area contributed by atoms with E-state index in [0.29, 0.717) is 11.8 Å². The number of nitrogens with zero attached hydrogens (tertiary/aromatic N) is 1. The molecule has 0 aliphatic heterocycles. The summed E-state index contributed by atoms with van der Waals surface area (Å²) in [5.74, 6) is 0.320. The van der Waals surface area contributed by atoms with Crippen LogP contribution < -0.4 is 0 Å². The molecule has 0 heterocycles. The second-order valence-corrected chi connectivity index (χ2v) is 4.39. The van der Waals surface area contributed by atoms with Crippen LogP contribution in [0.4, 0.5) is 0 Å².